The highest BCUT2D eigenvalue weighted by Crippen LogP contribution is 2.25. The van der Waals surface area contributed by atoms with Gasteiger partial charge in [0, 0.05) is 18.3 Å². The van der Waals surface area contributed by atoms with E-state index in [4.69, 9.17) is 16.7 Å². The van der Waals surface area contributed by atoms with Crippen LogP contribution in [0.2, 0.25) is 5.02 Å². The molecule has 3 rings (SSSR count). The zero-order chi connectivity index (χ0) is 18.8. The number of ketones is 1. The van der Waals surface area contributed by atoms with Crippen molar-refractivity contribution in [3.8, 4) is 11.1 Å². The third-order valence-electron chi connectivity index (χ3n) is 4.19. The molecule has 0 atom stereocenters. The van der Waals surface area contributed by atoms with E-state index < -0.39 is 11.8 Å². The summed E-state index contributed by atoms with van der Waals surface area (Å²) in [7, 11) is 1.67. The van der Waals surface area contributed by atoms with E-state index >= 15 is 0 Å². The van der Waals surface area contributed by atoms with Crippen molar-refractivity contribution >= 4 is 23.4 Å². The molecule has 0 saturated heterocycles. The molecule has 1 N–H and O–H groups in total. The van der Waals surface area contributed by atoms with Gasteiger partial charge in [0.25, 0.3) is 0 Å². The minimum absolute atomic E-state index is 0.0393. The lowest BCUT2D eigenvalue weighted by Gasteiger charge is -2.07. The van der Waals surface area contributed by atoms with Crippen LogP contribution < -0.4 is 0 Å². The van der Waals surface area contributed by atoms with E-state index in [2.05, 4.69) is 0 Å². The number of aromatic nitrogens is 1. The molecule has 1 aromatic heterocycles. The van der Waals surface area contributed by atoms with Gasteiger partial charge in [-0.2, -0.15) is 0 Å². The van der Waals surface area contributed by atoms with Crippen molar-refractivity contribution in [2.24, 2.45) is 7.05 Å². The summed E-state index contributed by atoms with van der Waals surface area (Å²) in [5, 5.41) is 8.94. The molecule has 0 fully saturated rings. The first-order valence-electron chi connectivity index (χ1n) is 7.83. The summed E-state index contributed by atoms with van der Waals surface area (Å²) in [6, 6.07) is 14.6. The first-order chi connectivity index (χ1) is 12.4. The van der Waals surface area contributed by atoms with Gasteiger partial charge in [-0.25, -0.2) is 4.39 Å². The average Bonchev–Trinajstić information content (AvgIpc) is 2.97. The number of hydrogen-bond donors (Lipinski definition) is 1. The van der Waals surface area contributed by atoms with Crippen molar-refractivity contribution in [3.05, 3.63) is 82.4 Å². The Morgan fingerprint density at radius 3 is 2.31 bits per heavy atom. The van der Waals surface area contributed by atoms with Crippen LogP contribution in [0.25, 0.3) is 11.1 Å². The highest BCUT2D eigenvalue weighted by Gasteiger charge is 2.16. The standard InChI is InChI=1S/C20H15ClFNO3/c1-23-15(11-19(24)25)7-9-18(23)20(26)13-4-2-12(3-5-13)14-6-8-17(22)16(21)10-14/h2-10H,11H2,1H3,(H,24,25). The van der Waals surface area contributed by atoms with Gasteiger partial charge in [-0.05, 0) is 35.4 Å². The van der Waals surface area contributed by atoms with E-state index in [-0.39, 0.29) is 17.2 Å². The molecule has 0 spiro atoms. The molecule has 1 heterocycles. The van der Waals surface area contributed by atoms with Crippen LogP contribution in [0.5, 0.6) is 0 Å². The maximum absolute atomic E-state index is 13.3. The van der Waals surface area contributed by atoms with Crippen molar-refractivity contribution < 1.29 is 19.1 Å². The lowest BCUT2D eigenvalue weighted by molar-refractivity contribution is -0.136. The molecule has 0 unspecified atom stereocenters. The smallest absolute Gasteiger partial charge is 0.309 e. The molecule has 4 nitrogen and oxygen atoms in total. The number of carbonyl (C=O) groups is 2. The zero-order valence-electron chi connectivity index (χ0n) is 13.9. The molecule has 0 saturated carbocycles. The summed E-state index contributed by atoms with van der Waals surface area (Å²) in [4.78, 5) is 23.5. The van der Waals surface area contributed by atoms with Crippen LogP contribution in [0.1, 0.15) is 21.7 Å². The highest BCUT2D eigenvalue weighted by atomic mass is 35.5. The number of rotatable bonds is 5. The van der Waals surface area contributed by atoms with Crippen molar-refractivity contribution in [3.63, 3.8) is 0 Å². The number of aliphatic carboxylic acids is 1. The fourth-order valence-corrected chi connectivity index (χ4v) is 2.93. The Bertz CT molecular complexity index is 993. The molecule has 2 aromatic carbocycles. The van der Waals surface area contributed by atoms with Crippen LogP contribution in [0, 0.1) is 5.82 Å². The first-order valence-corrected chi connectivity index (χ1v) is 8.21. The minimum atomic E-state index is -0.951. The Hall–Kier alpha value is -2.92. The molecule has 0 aliphatic carbocycles. The Kier molecular flexibility index (Phi) is 4.91. The average molecular weight is 372 g/mol. The maximum atomic E-state index is 13.3. The number of hydrogen-bond acceptors (Lipinski definition) is 2. The molecule has 6 heteroatoms. The maximum Gasteiger partial charge on any atom is 0.309 e. The monoisotopic (exact) mass is 371 g/mol. The Balaban J connectivity index is 1.86. The van der Waals surface area contributed by atoms with Gasteiger partial charge < -0.3 is 9.67 Å². The number of carboxylic acids is 1. The van der Waals surface area contributed by atoms with Crippen LogP contribution in [-0.4, -0.2) is 21.4 Å². The van der Waals surface area contributed by atoms with Gasteiger partial charge in [0.05, 0.1) is 17.1 Å². The summed E-state index contributed by atoms with van der Waals surface area (Å²) < 4.78 is 14.9. The summed E-state index contributed by atoms with van der Waals surface area (Å²) in [5.74, 6) is -1.64. The normalized spacial score (nSPS) is 10.7. The van der Waals surface area contributed by atoms with Crippen molar-refractivity contribution in [2.75, 3.05) is 0 Å². The fraction of sp³-hybridized carbons (Fsp3) is 0.100. The molecule has 0 aliphatic rings. The third kappa shape index (κ3) is 3.53. The van der Waals surface area contributed by atoms with E-state index in [0.717, 1.165) is 11.1 Å². The second-order valence-corrected chi connectivity index (χ2v) is 6.28. The Morgan fingerprint density at radius 1 is 1.04 bits per heavy atom. The molecule has 26 heavy (non-hydrogen) atoms. The van der Waals surface area contributed by atoms with Crippen molar-refractivity contribution in [1.82, 2.24) is 4.57 Å². The van der Waals surface area contributed by atoms with E-state index in [0.29, 0.717) is 17.0 Å². The summed E-state index contributed by atoms with van der Waals surface area (Å²) in [6.07, 6.45) is -0.145. The molecule has 0 bridgehead atoms. The first kappa shape index (κ1) is 17.9. The van der Waals surface area contributed by atoms with Gasteiger partial charge in [0.2, 0.25) is 5.78 Å². The number of halogens is 2. The lowest BCUT2D eigenvalue weighted by Crippen LogP contribution is -2.11. The molecule has 0 amide bonds. The quantitative estimate of drug-likeness (QED) is 0.678. The number of carbonyl (C=O) groups excluding carboxylic acids is 1. The fourth-order valence-electron chi connectivity index (χ4n) is 2.75. The zero-order valence-corrected chi connectivity index (χ0v) is 14.6. The molecule has 0 radical (unpaired) electrons. The largest absolute Gasteiger partial charge is 0.481 e. The number of benzene rings is 2. The van der Waals surface area contributed by atoms with Crippen LogP contribution in [0.3, 0.4) is 0 Å². The van der Waals surface area contributed by atoms with Crippen LogP contribution in [-0.2, 0) is 18.3 Å². The van der Waals surface area contributed by atoms with Gasteiger partial charge in [-0.3, -0.25) is 9.59 Å². The molecule has 3 aromatic rings. The van der Waals surface area contributed by atoms with E-state index in [9.17, 15) is 14.0 Å². The Morgan fingerprint density at radius 2 is 1.69 bits per heavy atom. The molecule has 132 valence electrons. The second-order valence-electron chi connectivity index (χ2n) is 5.87. The van der Waals surface area contributed by atoms with E-state index in [1.807, 2.05) is 0 Å². The number of carboxylic acid groups (broad SMARTS) is 1. The van der Waals surface area contributed by atoms with Crippen LogP contribution in [0.15, 0.2) is 54.6 Å². The summed E-state index contributed by atoms with van der Waals surface area (Å²) >= 11 is 5.81. The predicted molar refractivity (Wildman–Crippen MR) is 97.0 cm³/mol. The second kappa shape index (κ2) is 7.14. The van der Waals surface area contributed by atoms with Crippen molar-refractivity contribution in [1.29, 1.82) is 0 Å². The highest BCUT2D eigenvalue weighted by molar-refractivity contribution is 6.31. The van der Waals surface area contributed by atoms with Gasteiger partial charge >= 0.3 is 5.97 Å². The summed E-state index contributed by atoms with van der Waals surface area (Å²) in [5.41, 5.74) is 3.00. The summed E-state index contributed by atoms with van der Waals surface area (Å²) in [6.45, 7) is 0. The van der Waals surface area contributed by atoms with Gasteiger partial charge in [0.15, 0.2) is 0 Å². The van der Waals surface area contributed by atoms with Gasteiger partial charge in [-0.15, -0.1) is 0 Å². The van der Waals surface area contributed by atoms with Gasteiger partial charge in [0.1, 0.15) is 5.82 Å². The SMILES string of the molecule is Cn1c(CC(=O)O)ccc1C(=O)c1ccc(-c2ccc(F)c(Cl)c2)cc1. The molecule has 0 aliphatic heterocycles. The van der Waals surface area contributed by atoms with Crippen molar-refractivity contribution in [2.45, 2.75) is 6.42 Å². The van der Waals surface area contributed by atoms with E-state index in [1.165, 1.54) is 12.1 Å². The molecular weight excluding hydrogens is 357 g/mol. The number of nitrogens with zero attached hydrogens (tertiary/aromatic N) is 1. The molecular formula is C20H15ClFNO3. The van der Waals surface area contributed by atoms with Crippen LogP contribution >= 0.6 is 11.6 Å². The minimum Gasteiger partial charge on any atom is -0.481 e. The lowest BCUT2D eigenvalue weighted by atomic mass is 10.0. The van der Waals surface area contributed by atoms with Crippen LogP contribution in [0.4, 0.5) is 4.39 Å². The van der Waals surface area contributed by atoms with Gasteiger partial charge in [-0.1, -0.05) is 41.9 Å². The third-order valence-corrected chi connectivity index (χ3v) is 4.48. The Labute approximate surface area is 154 Å². The predicted octanol–water partition coefficient (Wildman–Crippen LogP) is 4.34. The topological polar surface area (TPSA) is 59.3 Å². The van der Waals surface area contributed by atoms with E-state index in [1.54, 1.807) is 54.1 Å².